The minimum atomic E-state index is -1.70. The minimum absolute atomic E-state index is 0. The molecule has 4 aliphatic rings. The Bertz CT molecular complexity index is 3190. The van der Waals surface area contributed by atoms with E-state index in [2.05, 4.69) is 71.9 Å². The van der Waals surface area contributed by atoms with Crippen LogP contribution in [0.2, 0.25) is 0 Å². The molecular weight excluding hydrogens is 905 g/mol. The van der Waals surface area contributed by atoms with E-state index in [1.807, 2.05) is 44.7 Å². The molecule has 0 unspecified atom stereocenters. The van der Waals surface area contributed by atoms with Crippen LogP contribution in [0.25, 0.3) is 33.2 Å². The van der Waals surface area contributed by atoms with Gasteiger partial charge in [0.05, 0.1) is 32.1 Å². The van der Waals surface area contributed by atoms with Crippen LogP contribution < -0.4 is 5.46 Å². The molecule has 12 nitrogen and oxygen atoms in total. The second-order valence-electron chi connectivity index (χ2n) is 14.9. The van der Waals surface area contributed by atoms with Crippen LogP contribution in [0, 0.1) is 82.2 Å². The van der Waals surface area contributed by atoms with E-state index < -0.39 is 18.8 Å². The fraction of sp³-hybridized carbons (Fsp3) is 0.240. The Morgan fingerprint density at radius 2 is 1.24 bits per heavy atom. The number of aromatic nitrogens is 4. The molecule has 2 fully saturated rings. The number of rotatable bonds is 4. The van der Waals surface area contributed by atoms with Crippen LogP contribution >= 0.6 is 15.9 Å². The van der Waals surface area contributed by atoms with Gasteiger partial charge in [0, 0.05) is 56.2 Å². The van der Waals surface area contributed by atoms with Gasteiger partial charge in [-0.3, -0.25) is 19.6 Å². The third-order valence-electron chi connectivity index (χ3n) is 10.9. The third-order valence-corrected chi connectivity index (χ3v) is 11.6. The molecule has 2 aromatic carbocycles. The van der Waals surface area contributed by atoms with Crippen molar-refractivity contribution in [2.45, 2.75) is 65.2 Å². The molecule has 16 heteroatoms. The second-order valence-corrected chi connectivity index (χ2v) is 15.7. The summed E-state index contributed by atoms with van der Waals surface area (Å²) in [7, 11) is -1.70. The zero-order valence-electron chi connectivity index (χ0n) is 34.8. The average molecular weight is 946 g/mol. The average Bonchev–Trinajstić information content (AvgIpc) is 4.27. The van der Waals surface area contributed by atoms with E-state index in [9.17, 15) is 18.4 Å². The third kappa shape index (κ3) is 10.1. The lowest BCUT2D eigenvalue weighted by molar-refractivity contribution is 0.0685. The molecule has 6 heterocycles. The monoisotopic (exact) mass is 944 g/mol. The zero-order valence-corrected chi connectivity index (χ0v) is 36.4. The summed E-state index contributed by atoms with van der Waals surface area (Å²) < 4.78 is 31.9. The van der Waals surface area contributed by atoms with Crippen molar-refractivity contribution in [3.05, 3.63) is 112 Å². The maximum atomic E-state index is 14.2. The fourth-order valence-corrected chi connectivity index (χ4v) is 8.26. The van der Waals surface area contributed by atoms with E-state index in [4.69, 9.17) is 27.0 Å². The quantitative estimate of drug-likeness (QED) is 0.151. The fourth-order valence-electron chi connectivity index (χ4n) is 7.58. The second kappa shape index (κ2) is 21.3. The van der Waals surface area contributed by atoms with Crippen LogP contribution in [0.1, 0.15) is 72.1 Å². The van der Waals surface area contributed by atoms with E-state index in [1.54, 1.807) is 31.5 Å². The van der Waals surface area contributed by atoms with Gasteiger partial charge in [0.15, 0.2) is 0 Å². The maximum Gasteiger partial charge on any atom is 0.488 e. The number of terminal acetylenes is 1. The Morgan fingerprint density at radius 1 is 0.727 bits per heavy atom. The van der Waals surface area contributed by atoms with Crippen molar-refractivity contribution in [1.82, 2.24) is 28.9 Å². The predicted octanol–water partition coefficient (Wildman–Crippen LogP) is 6.41. The number of benzene rings is 2. The lowest BCUT2D eigenvalue weighted by atomic mass is 9.80. The summed E-state index contributed by atoms with van der Waals surface area (Å²) >= 11 is 3.54. The summed E-state index contributed by atoms with van der Waals surface area (Å²) in [6, 6.07) is 19.9. The number of carbonyl (C=O) groups excluding carboxylic acids is 2. The molecule has 2 aliphatic heterocycles. The predicted molar refractivity (Wildman–Crippen MR) is 251 cm³/mol. The maximum absolute atomic E-state index is 14.2. The van der Waals surface area contributed by atoms with Gasteiger partial charge in [-0.05, 0) is 144 Å². The number of hydrogen-bond acceptors (Lipinski definition) is 8. The molecule has 0 bridgehead atoms. The summed E-state index contributed by atoms with van der Waals surface area (Å²) in [4.78, 5) is 38.5. The van der Waals surface area contributed by atoms with Gasteiger partial charge in [-0.25, -0.2) is 8.78 Å². The first-order valence-corrected chi connectivity index (χ1v) is 21.2. The first-order chi connectivity index (χ1) is 31.5. The normalized spacial score (nSPS) is 14.0. The Morgan fingerprint density at radius 3 is 1.77 bits per heavy atom. The smallest absolute Gasteiger partial charge is 0.423 e. The standard InChI is InChI=1S/C20H15FN4O.C13H12BrN3O.C9H4.C7H5BFNO2.CH4/c21-15-10-12(3-4-13(15)11-22)17-18-16(2-1-7-23-18)25-9-8-24(14-5-6-14)20(26)19(17)25;14-10-11-9(2-1-5-15-11)17-7-6-16(8-3-4-8)13(18)12(10)17;1-3-5-7-9-8-6-4-2;9-7-3-6(8(11)12)2-1-5(7)4-10;/h1-4,7,10,14H,5-6,8-9H2;1-2,5,8H,3-4,6-7H2;1H,2H3;1-3,11-12H;1H4. The van der Waals surface area contributed by atoms with Crippen LogP contribution in [0.3, 0.4) is 0 Å². The van der Waals surface area contributed by atoms with Gasteiger partial charge in [-0.2, -0.15) is 10.5 Å². The molecular formula is C50H40BBrF2N8O4. The molecule has 2 aliphatic carbocycles. The number of carbonyl (C=O) groups is 2. The SMILES string of the molecule is C.C#CC#CC#CC#CC.N#Cc1ccc(-c2c3n(c4cccnc24)CCN(C2CC2)C3=O)cc1F.N#Cc1ccc(B(O)O)cc1F.O=C1c2c(Br)c3ncccc3n2CCN1C1CC1. The first kappa shape index (κ1) is 47.8. The van der Waals surface area contributed by atoms with E-state index >= 15 is 0 Å². The molecule has 328 valence electrons. The van der Waals surface area contributed by atoms with Crippen molar-refractivity contribution >= 4 is 62.4 Å². The number of amides is 2. The molecule has 0 atom stereocenters. The molecule has 10 rings (SSSR count). The van der Waals surface area contributed by atoms with Crippen LogP contribution in [0.15, 0.2) is 77.5 Å². The topological polar surface area (TPSA) is 164 Å². The van der Waals surface area contributed by atoms with Crippen LogP contribution in [-0.4, -0.2) is 83.1 Å². The van der Waals surface area contributed by atoms with E-state index in [1.165, 1.54) is 24.3 Å². The summed E-state index contributed by atoms with van der Waals surface area (Å²) in [6.07, 6.45) is 12.7. The zero-order chi connectivity index (χ0) is 46.2. The first-order valence-electron chi connectivity index (χ1n) is 20.4. The number of fused-ring (bicyclic) bond motifs is 6. The van der Waals surface area contributed by atoms with Crippen molar-refractivity contribution in [1.29, 1.82) is 10.5 Å². The molecule has 0 spiro atoms. The van der Waals surface area contributed by atoms with Crippen LogP contribution in [-0.2, 0) is 13.1 Å². The molecule has 4 aromatic heterocycles. The van der Waals surface area contributed by atoms with Gasteiger partial charge in [0.25, 0.3) is 11.8 Å². The molecule has 2 saturated carbocycles. The number of halogens is 3. The highest BCUT2D eigenvalue weighted by molar-refractivity contribution is 9.10. The number of nitriles is 2. The van der Waals surface area contributed by atoms with Gasteiger partial charge in [0.1, 0.15) is 40.7 Å². The van der Waals surface area contributed by atoms with Crippen molar-refractivity contribution in [2.75, 3.05) is 13.1 Å². The van der Waals surface area contributed by atoms with Crippen molar-refractivity contribution in [3.8, 4) is 71.1 Å². The van der Waals surface area contributed by atoms with Gasteiger partial charge >= 0.3 is 7.12 Å². The Labute approximate surface area is 389 Å². The van der Waals surface area contributed by atoms with E-state index in [0.717, 1.165) is 71.6 Å². The molecule has 0 saturated heterocycles. The highest BCUT2D eigenvalue weighted by Gasteiger charge is 2.40. The number of hydrogen-bond donors (Lipinski definition) is 2. The number of pyridine rings is 2. The Hall–Kier alpha value is -7.70. The summed E-state index contributed by atoms with van der Waals surface area (Å²) in [5, 5.41) is 34.5. The van der Waals surface area contributed by atoms with Gasteiger partial charge in [-0.15, -0.1) is 6.42 Å². The lowest BCUT2D eigenvalue weighted by Gasteiger charge is -2.29. The molecule has 2 N–H and O–H groups in total. The van der Waals surface area contributed by atoms with E-state index in [0.29, 0.717) is 47.5 Å². The number of nitrogens with zero attached hydrogens (tertiary/aromatic N) is 8. The Kier molecular flexibility index (Phi) is 15.4. The molecule has 66 heavy (non-hydrogen) atoms. The molecule has 6 aromatic rings. The summed E-state index contributed by atoms with van der Waals surface area (Å²) in [6.45, 7) is 4.80. The van der Waals surface area contributed by atoms with Gasteiger partial charge < -0.3 is 29.0 Å². The van der Waals surface area contributed by atoms with Crippen LogP contribution in [0.5, 0.6) is 0 Å². The van der Waals surface area contributed by atoms with E-state index in [-0.39, 0.29) is 35.8 Å². The minimum Gasteiger partial charge on any atom is -0.423 e. The highest BCUT2D eigenvalue weighted by Crippen LogP contribution is 2.40. The van der Waals surface area contributed by atoms with Crippen molar-refractivity contribution < 1.29 is 28.4 Å². The van der Waals surface area contributed by atoms with Gasteiger partial charge in [0.2, 0.25) is 0 Å². The van der Waals surface area contributed by atoms with Crippen molar-refractivity contribution in [2.24, 2.45) is 0 Å². The summed E-state index contributed by atoms with van der Waals surface area (Å²) in [5.74, 6) is 15.8. The summed E-state index contributed by atoms with van der Waals surface area (Å²) in [5.41, 5.74) is 5.98. The largest absolute Gasteiger partial charge is 0.488 e. The molecule has 2 amide bonds. The Balaban J connectivity index is 0.000000157. The van der Waals surface area contributed by atoms with Crippen LogP contribution in [0.4, 0.5) is 8.78 Å². The van der Waals surface area contributed by atoms with Gasteiger partial charge in [-0.1, -0.05) is 25.5 Å². The highest BCUT2D eigenvalue weighted by atomic mass is 79.9. The van der Waals surface area contributed by atoms with Crippen molar-refractivity contribution in [3.63, 3.8) is 0 Å². The lowest BCUT2D eigenvalue weighted by Crippen LogP contribution is -2.41. The molecule has 0 radical (unpaired) electrons.